The summed E-state index contributed by atoms with van der Waals surface area (Å²) in [4.78, 5) is 16.7. The van der Waals surface area contributed by atoms with E-state index in [1.807, 2.05) is 24.3 Å². The Kier molecular flexibility index (Phi) is 7.17. The first-order valence-electron chi connectivity index (χ1n) is 9.47. The third-order valence-corrected chi connectivity index (χ3v) is 6.14. The van der Waals surface area contributed by atoms with Crippen LogP contribution in [0.25, 0.3) is 6.08 Å². The number of esters is 1. The summed E-state index contributed by atoms with van der Waals surface area (Å²) in [5.41, 5.74) is 2.48. The molecule has 0 aromatic heterocycles. The molecule has 0 fully saturated rings. The number of nitrogens with zero attached hydrogens (tertiary/aromatic N) is 1. The van der Waals surface area contributed by atoms with E-state index < -0.39 is 5.97 Å². The minimum atomic E-state index is -0.547. The lowest BCUT2D eigenvalue weighted by molar-refractivity contribution is -0.129. The number of rotatable bonds is 6. The highest BCUT2D eigenvalue weighted by Crippen LogP contribution is 2.38. The minimum Gasteiger partial charge on any atom is -0.493 e. The lowest BCUT2D eigenvalue weighted by atomic mass is 10.1. The van der Waals surface area contributed by atoms with Gasteiger partial charge in [-0.15, -0.1) is 0 Å². The van der Waals surface area contributed by atoms with E-state index in [0.717, 1.165) is 9.13 Å². The molecule has 0 amide bonds. The molecule has 0 atom stereocenters. The second-order valence-electron chi connectivity index (χ2n) is 6.77. The number of halogens is 3. The van der Waals surface area contributed by atoms with Crippen molar-refractivity contribution >= 4 is 68.1 Å². The number of carbonyl (C=O) groups is 1. The van der Waals surface area contributed by atoms with Gasteiger partial charge in [0.25, 0.3) is 0 Å². The van der Waals surface area contributed by atoms with Crippen molar-refractivity contribution in [2.75, 3.05) is 7.11 Å². The molecule has 1 aliphatic rings. The minimum absolute atomic E-state index is 0.168. The van der Waals surface area contributed by atoms with Gasteiger partial charge in [-0.2, -0.15) is 0 Å². The van der Waals surface area contributed by atoms with Crippen molar-refractivity contribution in [1.29, 1.82) is 0 Å². The van der Waals surface area contributed by atoms with E-state index >= 15 is 0 Å². The second-order valence-corrected chi connectivity index (χ2v) is 9.28. The van der Waals surface area contributed by atoms with Crippen LogP contribution in [0.5, 0.6) is 11.5 Å². The highest BCUT2D eigenvalue weighted by molar-refractivity contribution is 14.1. The molecule has 0 saturated carbocycles. The maximum absolute atomic E-state index is 12.4. The SMILES string of the molecule is COc1cc(/C=C2\N=C(c3ccccc3Cl)OC2=O)cc(Br)c1OCc1cccc(I)c1. The molecule has 0 spiro atoms. The van der Waals surface area contributed by atoms with Crippen LogP contribution in [-0.4, -0.2) is 19.0 Å². The molecule has 8 heteroatoms. The monoisotopic (exact) mass is 623 g/mol. The highest BCUT2D eigenvalue weighted by atomic mass is 127. The zero-order valence-electron chi connectivity index (χ0n) is 16.8. The molecule has 0 unspecified atom stereocenters. The number of cyclic esters (lactones) is 1. The Morgan fingerprint density at radius 1 is 1.16 bits per heavy atom. The van der Waals surface area contributed by atoms with Gasteiger partial charge in [0.1, 0.15) is 6.61 Å². The molecular formula is C24H16BrClINO4. The average molecular weight is 625 g/mol. The molecule has 1 aliphatic heterocycles. The topological polar surface area (TPSA) is 57.1 Å². The summed E-state index contributed by atoms with van der Waals surface area (Å²) >= 11 is 12.0. The van der Waals surface area contributed by atoms with Crippen LogP contribution in [-0.2, 0) is 16.1 Å². The molecule has 0 N–H and O–H groups in total. The largest absolute Gasteiger partial charge is 0.493 e. The maximum Gasteiger partial charge on any atom is 0.363 e. The molecule has 4 rings (SSSR count). The van der Waals surface area contributed by atoms with E-state index in [9.17, 15) is 4.79 Å². The second kappa shape index (κ2) is 10.1. The molecule has 32 heavy (non-hydrogen) atoms. The third kappa shape index (κ3) is 5.16. The predicted octanol–water partition coefficient (Wildman–Crippen LogP) is 6.64. The fraction of sp³-hybridized carbons (Fsp3) is 0.0833. The zero-order valence-corrected chi connectivity index (χ0v) is 21.3. The highest BCUT2D eigenvalue weighted by Gasteiger charge is 2.25. The number of ether oxygens (including phenoxy) is 3. The van der Waals surface area contributed by atoms with E-state index in [1.165, 1.54) is 0 Å². The molecule has 0 aliphatic carbocycles. The van der Waals surface area contributed by atoms with E-state index in [2.05, 4.69) is 49.6 Å². The Bertz CT molecular complexity index is 1260. The fourth-order valence-corrected chi connectivity index (χ4v) is 4.46. The fourth-order valence-electron chi connectivity index (χ4n) is 3.06. The van der Waals surface area contributed by atoms with Gasteiger partial charge in [0, 0.05) is 3.57 Å². The first kappa shape index (κ1) is 22.8. The van der Waals surface area contributed by atoms with E-state index in [0.29, 0.717) is 38.7 Å². The summed E-state index contributed by atoms with van der Waals surface area (Å²) < 4.78 is 18.7. The molecule has 162 valence electrons. The number of hydrogen-bond donors (Lipinski definition) is 0. The van der Waals surface area contributed by atoms with E-state index in [1.54, 1.807) is 43.5 Å². The van der Waals surface area contributed by atoms with Gasteiger partial charge in [-0.3, -0.25) is 0 Å². The summed E-state index contributed by atoms with van der Waals surface area (Å²) in [6.45, 7) is 0.393. The van der Waals surface area contributed by atoms with E-state index in [4.69, 9.17) is 25.8 Å². The normalized spacial score (nSPS) is 14.3. The van der Waals surface area contributed by atoms with Crippen molar-refractivity contribution in [1.82, 2.24) is 0 Å². The Morgan fingerprint density at radius 3 is 2.72 bits per heavy atom. The average Bonchev–Trinajstić information content (AvgIpc) is 3.13. The molecule has 1 heterocycles. The lowest BCUT2D eigenvalue weighted by Gasteiger charge is -2.14. The van der Waals surface area contributed by atoms with Crippen molar-refractivity contribution in [3.05, 3.63) is 96.1 Å². The molecule has 3 aromatic rings. The zero-order chi connectivity index (χ0) is 22.7. The third-order valence-electron chi connectivity index (χ3n) is 4.55. The van der Waals surface area contributed by atoms with Crippen LogP contribution in [0.4, 0.5) is 0 Å². The smallest absolute Gasteiger partial charge is 0.363 e. The molecule has 5 nitrogen and oxygen atoms in total. The summed E-state index contributed by atoms with van der Waals surface area (Å²) in [7, 11) is 1.56. The Hall–Kier alpha value is -2.36. The first-order valence-corrected chi connectivity index (χ1v) is 11.7. The van der Waals surface area contributed by atoms with Crippen molar-refractivity contribution in [3.8, 4) is 11.5 Å². The molecule has 0 saturated heterocycles. The molecule has 3 aromatic carbocycles. The van der Waals surface area contributed by atoms with Crippen molar-refractivity contribution in [2.45, 2.75) is 6.61 Å². The van der Waals surface area contributed by atoms with Gasteiger partial charge in [0.15, 0.2) is 17.2 Å². The standard InChI is InChI=1S/C24H16BrClINO4/c1-30-21-12-15(10-18(25)22(21)31-13-14-5-4-6-16(27)9-14)11-20-24(29)32-23(28-20)17-7-2-3-8-19(17)26/h2-12H,13H2,1H3/b20-11-. The van der Waals surface area contributed by atoms with Gasteiger partial charge in [-0.1, -0.05) is 35.9 Å². The van der Waals surface area contributed by atoms with Crippen molar-refractivity contribution in [3.63, 3.8) is 0 Å². The number of methoxy groups -OCH3 is 1. The number of carbonyl (C=O) groups excluding carboxylic acids is 1. The summed E-state index contributed by atoms with van der Waals surface area (Å²) in [5, 5.41) is 0.458. The maximum atomic E-state index is 12.4. The predicted molar refractivity (Wildman–Crippen MR) is 136 cm³/mol. The van der Waals surface area contributed by atoms with Gasteiger partial charge < -0.3 is 14.2 Å². The van der Waals surface area contributed by atoms with Crippen LogP contribution < -0.4 is 9.47 Å². The Morgan fingerprint density at radius 2 is 1.97 bits per heavy atom. The lowest BCUT2D eigenvalue weighted by Crippen LogP contribution is -2.05. The van der Waals surface area contributed by atoms with Crippen LogP contribution in [0.3, 0.4) is 0 Å². The molecule has 0 bridgehead atoms. The van der Waals surface area contributed by atoms with Crippen molar-refractivity contribution in [2.24, 2.45) is 4.99 Å². The molecule has 0 radical (unpaired) electrons. The van der Waals surface area contributed by atoms with Gasteiger partial charge >= 0.3 is 5.97 Å². The summed E-state index contributed by atoms with van der Waals surface area (Å²) in [6, 6.07) is 18.7. The van der Waals surface area contributed by atoms with Crippen LogP contribution in [0.1, 0.15) is 16.7 Å². The number of benzene rings is 3. The van der Waals surface area contributed by atoms with Crippen LogP contribution in [0.2, 0.25) is 5.02 Å². The first-order chi connectivity index (χ1) is 15.4. The number of aliphatic imine (C=N–C) groups is 1. The van der Waals surface area contributed by atoms with Crippen LogP contribution >= 0.6 is 50.1 Å². The van der Waals surface area contributed by atoms with Gasteiger partial charge in [-0.25, -0.2) is 9.79 Å². The quantitative estimate of drug-likeness (QED) is 0.175. The van der Waals surface area contributed by atoms with Crippen molar-refractivity contribution < 1.29 is 19.0 Å². The summed E-state index contributed by atoms with van der Waals surface area (Å²) in [5.74, 6) is 0.727. The number of hydrogen-bond acceptors (Lipinski definition) is 5. The summed E-state index contributed by atoms with van der Waals surface area (Å²) in [6.07, 6.45) is 1.63. The van der Waals surface area contributed by atoms with Gasteiger partial charge in [0.2, 0.25) is 5.90 Å². The molecular weight excluding hydrogens is 609 g/mol. The van der Waals surface area contributed by atoms with Gasteiger partial charge in [0.05, 0.1) is 22.2 Å². The van der Waals surface area contributed by atoms with E-state index in [-0.39, 0.29) is 11.6 Å². The Labute approximate surface area is 212 Å². The van der Waals surface area contributed by atoms with Gasteiger partial charge in [-0.05, 0) is 92.1 Å². The Balaban J connectivity index is 1.60. The van der Waals surface area contributed by atoms with Crippen LogP contribution in [0.15, 0.2) is 75.8 Å². The van der Waals surface area contributed by atoms with Crippen LogP contribution in [0, 0.1) is 3.57 Å².